The molecule has 2 N–H and O–H groups in total. The second-order valence-corrected chi connectivity index (χ2v) is 7.61. The highest BCUT2D eigenvalue weighted by Crippen LogP contribution is 2.26. The van der Waals surface area contributed by atoms with Crippen LogP contribution in [-0.4, -0.2) is 44.4 Å². The van der Waals surface area contributed by atoms with Gasteiger partial charge < -0.3 is 24.8 Å². The maximum absolute atomic E-state index is 13.1. The van der Waals surface area contributed by atoms with Crippen LogP contribution in [0.25, 0.3) is 0 Å². The highest BCUT2D eigenvalue weighted by Gasteiger charge is 2.20. The Hall–Kier alpha value is -3.51. The van der Waals surface area contributed by atoms with Crippen molar-refractivity contribution in [3.8, 4) is 11.5 Å². The number of nitrogens with one attached hydrogen (secondary N) is 1. The Labute approximate surface area is 189 Å². The van der Waals surface area contributed by atoms with E-state index in [1.807, 2.05) is 83.8 Å². The molecule has 0 radical (unpaired) electrons. The molecule has 0 aromatic heterocycles. The van der Waals surface area contributed by atoms with Crippen LogP contribution in [-0.2, 0) is 4.79 Å². The number of aliphatic hydroxyl groups excluding tert-OH is 1. The average Bonchev–Trinajstić information content (AvgIpc) is 2.82. The number of hydrogen-bond donors (Lipinski definition) is 2. The van der Waals surface area contributed by atoms with Crippen molar-refractivity contribution in [2.75, 3.05) is 32.2 Å². The molecule has 0 bridgehead atoms. The minimum Gasteiger partial charge on any atom is -0.497 e. The van der Waals surface area contributed by atoms with Crippen LogP contribution < -0.4 is 19.7 Å². The Bertz CT molecular complexity index is 925. The molecule has 1 unspecified atom stereocenters. The summed E-state index contributed by atoms with van der Waals surface area (Å²) in [5.74, 6) is 1.35. The highest BCUT2D eigenvalue weighted by molar-refractivity contribution is 5.82. The summed E-state index contributed by atoms with van der Waals surface area (Å²) in [6.45, 7) is 2.19. The van der Waals surface area contributed by atoms with Gasteiger partial charge in [-0.15, -0.1) is 0 Å². The lowest BCUT2D eigenvalue weighted by Gasteiger charge is -2.27. The van der Waals surface area contributed by atoms with Gasteiger partial charge in [-0.3, -0.25) is 4.79 Å². The van der Waals surface area contributed by atoms with Gasteiger partial charge in [0.05, 0.1) is 32.9 Å². The summed E-state index contributed by atoms with van der Waals surface area (Å²) in [5.41, 5.74) is 2.76. The average molecular weight is 435 g/mol. The monoisotopic (exact) mass is 434 g/mol. The molecule has 0 saturated carbocycles. The zero-order valence-corrected chi connectivity index (χ0v) is 18.7. The topological polar surface area (TPSA) is 71.0 Å². The second-order valence-electron chi connectivity index (χ2n) is 7.61. The summed E-state index contributed by atoms with van der Waals surface area (Å²) >= 11 is 0. The minimum atomic E-state index is -0.568. The molecule has 0 aliphatic heterocycles. The Balaban J connectivity index is 1.84. The molecule has 3 rings (SSSR count). The van der Waals surface area contributed by atoms with E-state index in [-0.39, 0.29) is 18.5 Å². The van der Waals surface area contributed by atoms with Crippen LogP contribution in [0, 0.1) is 0 Å². The van der Waals surface area contributed by atoms with Gasteiger partial charge in [-0.2, -0.15) is 0 Å². The molecule has 6 heteroatoms. The van der Waals surface area contributed by atoms with Crippen LogP contribution in [0.15, 0.2) is 78.9 Å². The van der Waals surface area contributed by atoms with Crippen LogP contribution in [0.5, 0.6) is 11.5 Å². The van der Waals surface area contributed by atoms with Gasteiger partial charge in [-0.05, 0) is 54.4 Å². The third-order valence-electron chi connectivity index (χ3n) is 5.14. The molecule has 3 aromatic rings. The molecule has 3 aromatic carbocycles. The number of rotatable bonds is 10. The van der Waals surface area contributed by atoms with Crippen LogP contribution in [0.3, 0.4) is 0 Å². The van der Waals surface area contributed by atoms with Crippen molar-refractivity contribution >= 4 is 11.6 Å². The second kappa shape index (κ2) is 11.2. The number of methoxy groups -OCH3 is 2. The molecule has 0 spiro atoms. The first-order valence-electron chi connectivity index (χ1n) is 10.6. The summed E-state index contributed by atoms with van der Waals surface area (Å²) in [5, 5.41) is 13.1. The third kappa shape index (κ3) is 6.25. The number of carbonyl (C=O) groups excluding carboxylic acids is 1. The van der Waals surface area contributed by atoms with Crippen LogP contribution in [0.1, 0.15) is 24.1 Å². The number of para-hydroxylation sites is 1. The Morgan fingerprint density at radius 2 is 1.38 bits per heavy atom. The van der Waals surface area contributed by atoms with Gasteiger partial charge >= 0.3 is 0 Å². The van der Waals surface area contributed by atoms with E-state index >= 15 is 0 Å². The largest absolute Gasteiger partial charge is 0.497 e. The summed E-state index contributed by atoms with van der Waals surface area (Å²) in [4.78, 5) is 15.0. The molecule has 1 atom stereocenters. The first kappa shape index (κ1) is 23.2. The molecule has 0 aliphatic carbocycles. The lowest BCUT2D eigenvalue weighted by molar-refractivity contribution is -0.120. The molecule has 0 heterocycles. The normalized spacial score (nSPS) is 11.7. The lowest BCUT2D eigenvalue weighted by atomic mass is 9.98. The maximum atomic E-state index is 13.1. The van der Waals surface area contributed by atoms with Gasteiger partial charge in [-0.25, -0.2) is 0 Å². The smallest absolute Gasteiger partial charge is 0.240 e. The predicted molar refractivity (Wildman–Crippen MR) is 126 cm³/mol. The SMILES string of the molecule is COc1ccc(C(NC(=O)CN(CC(C)O)c2ccccc2)c2ccc(OC)cc2)cc1. The van der Waals surface area contributed by atoms with Crippen molar-refractivity contribution in [2.24, 2.45) is 0 Å². The number of hydrogen-bond acceptors (Lipinski definition) is 5. The van der Waals surface area contributed by atoms with Gasteiger partial charge in [0.1, 0.15) is 11.5 Å². The molecule has 0 fully saturated rings. The van der Waals surface area contributed by atoms with E-state index in [2.05, 4.69) is 5.32 Å². The zero-order valence-electron chi connectivity index (χ0n) is 18.7. The van der Waals surface area contributed by atoms with Crippen LogP contribution >= 0.6 is 0 Å². The molecular weight excluding hydrogens is 404 g/mol. The molecule has 0 saturated heterocycles. The predicted octanol–water partition coefficient (Wildman–Crippen LogP) is 3.80. The molecule has 0 aliphatic rings. The number of anilines is 1. The number of ether oxygens (including phenoxy) is 2. The summed E-state index contributed by atoms with van der Waals surface area (Å²) in [7, 11) is 3.25. The van der Waals surface area contributed by atoms with Gasteiger partial charge in [0.25, 0.3) is 0 Å². The molecule has 32 heavy (non-hydrogen) atoms. The van der Waals surface area contributed by atoms with Crippen molar-refractivity contribution in [1.29, 1.82) is 0 Å². The van der Waals surface area contributed by atoms with Gasteiger partial charge in [0.15, 0.2) is 0 Å². The van der Waals surface area contributed by atoms with E-state index in [9.17, 15) is 9.90 Å². The number of carbonyl (C=O) groups is 1. The number of benzene rings is 3. The first-order valence-corrected chi connectivity index (χ1v) is 10.6. The Morgan fingerprint density at radius 1 is 0.875 bits per heavy atom. The first-order chi connectivity index (χ1) is 15.5. The van der Waals surface area contributed by atoms with Crippen LogP contribution in [0.2, 0.25) is 0 Å². The summed E-state index contributed by atoms with van der Waals surface area (Å²) in [6.07, 6.45) is -0.568. The fourth-order valence-electron chi connectivity index (χ4n) is 3.55. The van der Waals surface area contributed by atoms with E-state index in [1.165, 1.54) is 0 Å². The van der Waals surface area contributed by atoms with Crippen LogP contribution in [0.4, 0.5) is 5.69 Å². The van der Waals surface area contributed by atoms with Crippen molar-refractivity contribution in [1.82, 2.24) is 5.32 Å². The fraction of sp³-hybridized carbons (Fsp3) is 0.269. The van der Waals surface area contributed by atoms with Crippen molar-refractivity contribution < 1.29 is 19.4 Å². The number of amides is 1. The lowest BCUT2D eigenvalue weighted by Crippen LogP contribution is -2.41. The van der Waals surface area contributed by atoms with Crippen molar-refractivity contribution in [3.05, 3.63) is 90.0 Å². The number of nitrogens with zero attached hydrogens (tertiary/aromatic N) is 1. The Kier molecular flexibility index (Phi) is 8.11. The molecule has 168 valence electrons. The quantitative estimate of drug-likeness (QED) is 0.508. The van der Waals surface area contributed by atoms with Gasteiger partial charge in [-0.1, -0.05) is 42.5 Å². The van der Waals surface area contributed by atoms with Crippen molar-refractivity contribution in [3.63, 3.8) is 0 Å². The maximum Gasteiger partial charge on any atom is 0.240 e. The zero-order chi connectivity index (χ0) is 22.9. The van der Waals surface area contributed by atoms with Gasteiger partial charge in [0, 0.05) is 12.2 Å². The highest BCUT2D eigenvalue weighted by atomic mass is 16.5. The number of aliphatic hydroxyl groups is 1. The third-order valence-corrected chi connectivity index (χ3v) is 5.14. The minimum absolute atomic E-state index is 0.123. The van der Waals surface area contributed by atoms with E-state index in [4.69, 9.17) is 9.47 Å². The molecule has 1 amide bonds. The van der Waals surface area contributed by atoms with Crippen molar-refractivity contribution in [2.45, 2.75) is 19.1 Å². The summed E-state index contributed by atoms with van der Waals surface area (Å²) in [6, 6.07) is 24.6. The molecule has 6 nitrogen and oxygen atoms in total. The van der Waals surface area contributed by atoms with Gasteiger partial charge in [0.2, 0.25) is 5.91 Å². The summed E-state index contributed by atoms with van der Waals surface area (Å²) < 4.78 is 10.5. The molecular formula is C26H30N2O4. The van der Waals surface area contributed by atoms with E-state index < -0.39 is 6.10 Å². The van der Waals surface area contributed by atoms with E-state index in [0.29, 0.717) is 6.54 Å². The van der Waals surface area contributed by atoms with E-state index in [0.717, 1.165) is 28.3 Å². The van der Waals surface area contributed by atoms with E-state index in [1.54, 1.807) is 21.1 Å². The standard InChI is InChI=1S/C26H30N2O4/c1-19(29)17-28(22-7-5-4-6-8-22)18-25(30)27-26(20-9-13-23(31-2)14-10-20)21-11-15-24(32-3)16-12-21/h4-16,19,26,29H,17-18H2,1-3H3,(H,27,30). The Morgan fingerprint density at radius 3 is 1.81 bits per heavy atom. The fourth-order valence-corrected chi connectivity index (χ4v) is 3.55.